The summed E-state index contributed by atoms with van der Waals surface area (Å²) in [6.45, 7) is 1.54. The lowest BCUT2D eigenvalue weighted by molar-refractivity contribution is -0.0372. The van der Waals surface area contributed by atoms with Crippen molar-refractivity contribution in [1.82, 2.24) is 10.3 Å². The SMILES string of the molecule is COC1CCCC(OCc2ccc(CNC3CC3)cn2)C1. The molecule has 4 heteroatoms. The van der Waals surface area contributed by atoms with Crippen LogP contribution in [0.25, 0.3) is 0 Å². The van der Waals surface area contributed by atoms with E-state index in [0.717, 1.165) is 37.5 Å². The summed E-state index contributed by atoms with van der Waals surface area (Å²) in [5.74, 6) is 0. The van der Waals surface area contributed by atoms with E-state index in [1.54, 1.807) is 7.11 Å². The molecule has 116 valence electrons. The molecule has 0 bridgehead atoms. The van der Waals surface area contributed by atoms with E-state index < -0.39 is 0 Å². The van der Waals surface area contributed by atoms with Gasteiger partial charge in [-0.3, -0.25) is 4.98 Å². The number of rotatable bonds is 7. The highest BCUT2D eigenvalue weighted by atomic mass is 16.5. The van der Waals surface area contributed by atoms with Crippen LogP contribution in [0.1, 0.15) is 49.8 Å². The van der Waals surface area contributed by atoms with Gasteiger partial charge in [-0.15, -0.1) is 0 Å². The fraction of sp³-hybridized carbons (Fsp3) is 0.706. The van der Waals surface area contributed by atoms with Gasteiger partial charge in [-0.05, 0) is 50.2 Å². The van der Waals surface area contributed by atoms with E-state index in [0.29, 0.717) is 18.8 Å². The second-order valence-electron chi connectivity index (χ2n) is 6.27. The molecule has 1 N–H and O–H groups in total. The van der Waals surface area contributed by atoms with E-state index in [-0.39, 0.29) is 0 Å². The van der Waals surface area contributed by atoms with Crippen molar-refractivity contribution in [3.63, 3.8) is 0 Å². The van der Waals surface area contributed by atoms with Crippen LogP contribution in [0.3, 0.4) is 0 Å². The van der Waals surface area contributed by atoms with Crippen molar-refractivity contribution in [3.8, 4) is 0 Å². The third-order valence-electron chi connectivity index (χ3n) is 4.44. The summed E-state index contributed by atoms with van der Waals surface area (Å²) in [6.07, 6.45) is 9.82. The third kappa shape index (κ3) is 4.77. The quantitative estimate of drug-likeness (QED) is 0.838. The molecule has 21 heavy (non-hydrogen) atoms. The summed E-state index contributed by atoms with van der Waals surface area (Å²) in [6, 6.07) is 4.98. The Bertz CT molecular complexity index is 431. The summed E-state index contributed by atoms with van der Waals surface area (Å²) in [5, 5.41) is 3.50. The predicted molar refractivity (Wildman–Crippen MR) is 81.9 cm³/mol. The molecule has 2 unspecified atom stereocenters. The standard InChI is InChI=1S/C17H26N2O2/c1-20-16-3-2-4-17(9-16)21-12-15-6-5-13(11-19-15)10-18-14-7-8-14/h5-6,11,14,16-18H,2-4,7-10,12H2,1H3. The maximum atomic E-state index is 5.99. The molecular weight excluding hydrogens is 264 g/mol. The first-order valence-electron chi connectivity index (χ1n) is 8.15. The van der Waals surface area contributed by atoms with Gasteiger partial charge in [0.15, 0.2) is 0 Å². The number of ether oxygens (including phenoxy) is 2. The van der Waals surface area contributed by atoms with Crippen LogP contribution < -0.4 is 5.32 Å². The lowest BCUT2D eigenvalue weighted by atomic mass is 9.95. The average molecular weight is 290 g/mol. The zero-order valence-corrected chi connectivity index (χ0v) is 12.9. The fourth-order valence-corrected chi connectivity index (χ4v) is 2.87. The van der Waals surface area contributed by atoms with Gasteiger partial charge in [0.25, 0.3) is 0 Å². The van der Waals surface area contributed by atoms with Crippen LogP contribution in [0.5, 0.6) is 0 Å². The Labute approximate surface area is 127 Å². The monoisotopic (exact) mass is 290 g/mol. The number of nitrogens with one attached hydrogen (secondary N) is 1. The summed E-state index contributed by atoms with van der Waals surface area (Å²) < 4.78 is 11.4. The second kappa shape index (κ2) is 7.34. The smallest absolute Gasteiger partial charge is 0.0891 e. The number of aromatic nitrogens is 1. The van der Waals surface area contributed by atoms with Crippen molar-refractivity contribution >= 4 is 0 Å². The molecule has 1 aromatic heterocycles. The molecule has 3 rings (SSSR count). The molecule has 0 amide bonds. The number of hydrogen-bond donors (Lipinski definition) is 1. The molecule has 0 aromatic carbocycles. The summed E-state index contributed by atoms with van der Waals surface area (Å²) in [4.78, 5) is 4.50. The van der Waals surface area contributed by atoms with Crippen molar-refractivity contribution in [2.45, 2.75) is 69.9 Å². The Kier molecular flexibility index (Phi) is 5.22. The lowest BCUT2D eigenvalue weighted by Gasteiger charge is -2.28. The first-order valence-corrected chi connectivity index (χ1v) is 8.15. The van der Waals surface area contributed by atoms with Gasteiger partial charge in [0, 0.05) is 25.9 Å². The molecule has 2 saturated carbocycles. The molecular formula is C17H26N2O2. The molecule has 2 aliphatic carbocycles. The normalized spacial score (nSPS) is 26.0. The Morgan fingerprint density at radius 1 is 1.19 bits per heavy atom. The van der Waals surface area contributed by atoms with E-state index in [2.05, 4.69) is 22.4 Å². The molecule has 4 nitrogen and oxygen atoms in total. The fourth-order valence-electron chi connectivity index (χ4n) is 2.87. The van der Waals surface area contributed by atoms with Gasteiger partial charge in [-0.25, -0.2) is 0 Å². The number of nitrogens with zero attached hydrogens (tertiary/aromatic N) is 1. The Hall–Kier alpha value is -0.970. The zero-order chi connectivity index (χ0) is 14.5. The highest BCUT2D eigenvalue weighted by molar-refractivity contribution is 5.13. The molecule has 1 heterocycles. The lowest BCUT2D eigenvalue weighted by Crippen LogP contribution is -2.27. The third-order valence-corrected chi connectivity index (χ3v) is 4.44. The minimum absolute atomic E-state index is 0.321. The van der Waals surface area contributed by atoms with Crippen LogP contribution in [-0.2, 0) is 22.6 Å². The van der Waals surface area contributed by atoms with Crippen molar-refractivity contribution in [2.75, 3.05) is 7.11 Å². The van der Waals surface area contributed by atoms with E-state index in [4.69, 9.17) is 9.47 Å². The molecule has 2 atom stereocenters. The summed E-state index contributed by atoms with van der Waals surface area (Å²) in [7, 11) is 1.79. The number of pyridine rings is 1. The molecule has 2 fully saturated rings. The average Bonchev–Trinajstić information content (AvgIpc) is 3.36. The van der Waals surface area contributed by atoms with Crippen LogP contribution >= 0.6 is 0 Å². The largest absolute Gasteiger partial charge is 0.381 e. The highest BCUT2D eigenvalue weighted by Crippen LogP contribution is 2.23. The van der Waals surface area contributed by atoms with E-state index in [9.17, 15) is 0 Å². The van der Waals surface area contributed by atoms with Crippen molar-refractivity contribution in [2.24, 2.45) is 0 Å². The van der Waals surface area contributed by atoms with Gasteiger partial charge in [0.2, 0.25) is 0 Å². The van der Waals surface area contributed by atoms with Gasteiger partial charge in [0.1, 0.15) is 0 Å². The van der Waals surface area contributed by atoms with Crippen LogP contribution in [-0.4, -0.2) is 30.3 Å². The molecule has 0 aliphatic heterocycles. The van der Waals surface area contributed by atoms with Gasteiger partial charge in [-0.1, -0.05) is 6.07 Å². The maximum absolute atomic E-state index is 5.99. The van der Waals surface area contributed by atoms with E-state index in [1.807, 2.05) is 6.20 Å². The van der Waals surface area contributed by atoms with Crippen LogP contribution in [0.4, 0.5) is 0 Å². The molecule has 0 spiro atoms. The van der Waals surface area contributed by atoms with Gasteiger partial charge < -0.3 is 14.8 Å². The van der Waals surface area contributed by atoms with Crippen LogP contribution in [0.2, 0.25) is 0 Å². The molecule has 2 aliphatic rings. The van der Waals surface area contributed by atoms with Crippen LogP contribution in [0.15, 0.2) is 18.3 Å². The Morgan fingerprint density at radius 3 is 2.76 bits per heavy atom. The van der Waals surface area contributed by atoms with Crippen molar-refractivity contribution in [1.29, 1.82) is 0 Å². The Morgan fingerprint density at radius 2 is 2.05 bits per heavy atom. The van der Waals surface area contributed by atoms with Gasteiger partial charge >= 0.3 is 0 Å². The van der Waals surface area contributed by atoms with Gasteiger partial charge in [-0.2, -0.15) is 0 Å². The topological polar surface area (TPSA) is 43.4 Å². The minimum atomic E-state index is 0.321. The van der Waals surface area contributed by atoms with E-state index >= 15 is 0 Å². The number of methoxy groups -OCH3 is 1. The molecule has 0 radical (unpaired) electrons. The van der Waals surface area contributed by atoms with Crippen molar-refractivity contribution in [3.05, 3.63) is 29.6 Å². The second-order valence-corrected chi connectivity index (χ2v) is 6.27. The maximum Gasteiger partial charge on any atom is 0.0891 e. The number of hydrogen-bond acceptors (Lipinski definition) is 4. The first-order chi connectivity index (χ1) is 10.3. The Balaban J connectivity index is 1.41. The zero-order valence-electron chi connectivity index (χ0n) is 12.9. The summed E-state index contributed by atoms with van der Waals surface area (Å²) >= 11 is 0. The van der Waals surface area contributed by atoms with Gasteiger partial charge in [0.05, 0.1) is 24.5 Å². The predicted octanol–water partition coefficient (Wildman–Crippen LogP) is 2.81. The van der Waals surface area contributed by atoms with Crippen molar-refractivity contribution < 1.29 is 9.47 Å². The molecule has 1 aromatic rings. The highest BCUT2D eigenvalue weighted by Gasteiger charge is 2.22. The molecule has 0 saturated heterocycles. The van der Waals surface area contributed by atoms with Crippen LogP contribution in [0, 0.1) is 0 Å². The first kappa shape index (κ1) is 14.9. The minimum Gasteiger partial charge on any atom is -0.381 e. The van der Waals surface area contributed by atoms with E-state index in [1.165, 1.54) is 24.8 Å². The summed E-state index contributed by atoms with van der Waals surface area (Å²) in [5.41, 5.74) is 2.27.